The number of Topliss-reactive ketones (excluding diaryl/α,β-unsaturated/α-hetero) is 1. The summed E-state index contributed by atoms with van der Waals surface area (Å²) in [6.45, 7) is 3.07. The first-order valence-electron chi connectivity index (χ1n) is 2.97. The van der Waals surface area contributed by atoms with E-state index >= 15 is 0 Å². The first kappa shape index (κ1) is 8.88. The number of ether oxygens (including phenoxy) is 1. The second kappa shape index (κ2) is 4.73. The molecule has 0 aromatic carbocycles. The van der Waals surface area contributed by atoms with Crippen molar-refractivity contribution in [2.24, 2.45) is 0 Å². The van der Waals surface area contributed by atoms with E-state index in [4.69, 9.17) is 0 Å². The molecule has 0 fully saturated rings. The van der Waals surface area contributed by atoms with Crippen molar-refractivity contribution in [2.75, 3.05) is 0 Å². The van der Waals surface area contributed by atoms with E-state index in [1.165, 1.54) is 13.2 Å². The van der Waals surface area contributed by atoms with Crippen molar-refractivity contribution in [2.45, 2.75) is 20.3 Å². The summed E-state index contributed by atoms with van der Waals surface area (Å²) < 4.78 is 4.46. The molecule has 3 heteroatoms. The van der Waals surface area contributed by atoms with Crippen molar-refractivity contribution in [3.8, 4) is 0 Å². The molecular formula is C7H10O3. The van der Waals surface area contributed by atoms with Crippen LogP contribution < -0.4 is 0 Å². The van der Waals surface area contributed by atoms with Gasteiger partial charge in [0.1, 0.15) is 12.2 Å². The molecule has 0 aliphatic heterocycles. The lowest BCUT2D eigenvalue weighted by atomic mass is 10.3. The third-order valence-corrected chi connectivity index (χ3v) is 0.729. The molecule has 0 atom stereocenters. The summed E-state index contributed by atoms with van der Waals surface area (Å²) in [5, 5.41) is 0. The monoisotopic (exact) mass is 142 g/mol. The normalized spacial score (nSPS) is 9.80. The Balaban J connectivity index is 3.54. The third-order valence-electron chi connectivity index (χ3n) is 0.729. The molecule has 0 unspecified atom stereocenters. The van der Waals surface area contributed by atoms with Crippen molar-refractivity contribution >= 4 is 11.8 Å². The number of rotatable bonds is 3. The largest absolute Gasteiger partial charge is 0.435 e. The van der Waals surface area contributed by atoms with Crippen LogP contribution in [0.5, 0.6) is 0 Å². The molecule has 0 rings (SSSR count). The van der Waals surface area contributed by atoms with Gasteiger partial charge >= 0.3 is 5.97 Å². The Labute approximate surface area is 59.7 Å². The van der Waals surface area contributed by atoms with Gasteiger partial charge in [-0.25, -0.2) is 0 Å². The Bertz CT molecular complexity index is 158. The van der Waals surface area contributed by atoms with E-state index in [0.29, 0.717) is 0 Å². The third kappa shape index (κ3) is 5.03. The smallest absolute Gasteiger partial charge is 0.318 e. The highest BCUT2D eigenvalue weighted by Gasteiger charge is 2.03. The fourth-order valence-electron chi connectivity index (χ4n) is 0.389. The van der Waals surface area contributed by atoms with Gasteiger partial charge in [-0.1, -0.05) is 6.08 Å². The van der Waals surface area contributed by atoms with E-state index in [9.17, 15) is 9.59 Å². The van der Waals surface area contributed by atoms with Crippen LogP contribution >= 0.6 is 0 Å². The standard InChI is InChI=1S/C7H10O3/c1-3-4-10-7(9)5-6(2)8/h3-4H,5H2,1-2H3. The van der Waals surface area contributed by atoms with E-state index < -0.39 is 5.97 Å². The average Bonchev–Trinajstić information content (AvgIpc) is 1.82. The van der Waals surface area contributed by atoms with E-state index in [1.54, 1.807) is 13.0 Å². The maximum Gasteiger partial charge on any atom is 0.318 e. The van der Waals surface area contributed by atoms with Crippen LogP contribution in [0.25, 0.3) is 0 Å². The Kier molecular flexibility index (Phi) is 4.20. The van der Waals surface area contributed by atoms with E-state index in [1.807, 2.05) is 0 Å². The van der Waals surface area contributed by atoms with Gasteiger partial charge in [0.15, 0.2) is 0 Å². The first-order chi connectivity index (χ1) is 4.66. The van der Waals surface area contributed by atoms with Gasteiger partial charge in [-0.15, -0.1) is 0 Å². The average molecular weight is 142 g/mol. The lowest BCUT2D eigenvalue weighted by Crippen LogP contribution is -2.04. The van der Waals surface area contributed by atoms with Crippen molar-refractivity contribution in [3.63, 3.8) is 0 Å². The Hall–Kier alpha value is -1.12. The summed E-state index contributed by atoms with van der Waals surface area (Å²) in [5.74, 6) is -0.694. The minimum Gasteiger partial charge on any atom is -0.435 e. The van der Waals surface area contributed by atoms with Crippen LogP contribution in [-0.2, 0) is 14.3 Å². The molecule has 0 saturated heterocycles. The minimum absolute atomic E-state index is 0.148. The molecule has 0 aromatic rings. The van der Waals surface area contributed by atoms with Crippen molar-refractivity contribution < 1.29 is 14.3 Å². The maximum absolute atomic E-state index is 10.5. The maximum atomic E-state index is 10.5. The highest BCUT2D eigenvalue weighted by Crippen LogP contribution is 1.87. The van der Waals surface area contributed by atoms with Gasteiger partial charge in [-0.05, 0) is 13.8 Å². The highest BCUT2D eigenvalue weighted by atomic mass is 16.5. The van der Waals surface area contributed by atoms with Crippen LogP contribution in [0.1, 0.15) is 20.3 Å². The number of hydrogen-bond donors (Lipinski definition) is 0. The number of esters is 1. The van der Waals surface area contributed by atoms with Gasteiger partial charge in [0, 0.05) is 0 Å². The minimum atomic E-state index is -0.509. The van der Waals surface area contributed by atoms with Gasteiger partial charge in [0.05, 0.1) is 6.26 Å². The predicted octanol–water partition coefficient (Wildman–Crippen LogP) is 1.04. The second-order valence-electron chi connectivity index (χ2n) is 1.84. The zero-order chi connectivity index (χ0) is 7.98. The fourth-order valence-corrected chi connectivity index (χ4v) is 0.389. The van der Waals surface area contributed by atoms with E-state index in [0.717, 1.165) is 0 Å². The lowest BCUT2D eigenvalue weighted by molar-refractivity contribution is -0.140. The van der Waals surface area contributed by atoms with Crippen LogP contribution in [0.3, 0.4) is 0 Å². The predicted molar refractivity (Wildman–Crippen MR) is 36.2 cm³/mol. The molecular weight excluding hydrogens is 132 g/mol. The van der Waals surface area contributed by atoms with Crippen LogP contribution in [0, 0.1) is 0 Å². The molecule has 0 bridgehead atoms. The van der Waals surface area contributed by atoms with Gasteiger partial charge in [0.25, 0.3) is 0 Å². The summed E-state index contributed by atoms with van der Waals surface area (Å²) in [6.07, 6.45) is 2.69. The Morgan fingerprint density at radius 3 is 2.50 bits per heavy atom. The number of carbonyl (C=O) groups excluding carboxylic acids is 2. The zero-order valence-electron chi connectivity index (χ0n) is 6.09. The van der Waals surface area contributed by atoms with Gasteiger partial charge in [0.2, 0.25) is 0 Å². The molecule has 0 aliphatic carbocycles. The van der Waals surface area contributed by atoms with Crippen LogP contribution in [0.4, 0.5) is 0 Å². The van der Waals surface area contributed by atoms with Gasteiger partial charge in [-0.3, -0.25) is 9.59 Å². The van der Waals surface area contributed by atoms with E-state index in [-0.39, 0.29) is 12.2 Å². The molecule has 0 amide bonds. The molecule has 3 nitrogen and oxygen atoms in total. The fraction of sp³-hybridized carbons (Fsp3) is 0.429. The quantitative estimate of drug-likeness (QED) is 0.336. The molecule has 56 valence electrons. The van der Waals surface area contributed by atoms with Crippen molar-refractivity contribution in [1.29, 1.82) is 0 Å². The first-order valence-corrected chi connectivity index (χ1v) is 2.97. The van der Waals surface area contributed by atoms with Crippen LogP contribution in [0.2, 0.25) is 0 Å². The van der Waals surface area contributed by atoms with Crippen LogP contribution in [0.15, 0.2) is 12.3 Å². The molecule has 0 radical (unpaired) electrons. The number of ketones is 1. The van der Waals surface area contributed by atoms with Crippen molar-refractivity contribution in [3.05, 3.63) is 12.3 Å². The summed E-state index contributed by atoms with van der Waals surface area (Å²) >= 11 is 0. The summed E-state index contributed by atoms with van der Waals surface area (Å²) in [4.78, 5) is 20.8. The van der Waals surface area contributed by atoms with Gasteiger partial charge in [-0.2, -0.15) is 0 Å². The summed E-state index contributed by atoms with van der Waals surface area (Å²) in [7, 11) is 0. The van der Waals surface area contributed by atoms with Crippen molar-refractivity contribution in [1.82, 2.24) is 0 Å². The number of allylic oxidation sites excluding steroid dienone is 1. The molecule has 0 N–H and O–H groups in total. The lowest BCUT2D eigenvalue weighted by Gasteiger charge is -1.93. The summed E-state index contributed by atoms with van der Waals surface area (Å²) in [6, 6.07) is 0. The van der Waals surface area contributed by atoms with Crippen LogP contribution in [-0.4, -0.2) is 11.8 Å². The highest BCUT2D eigenvalue weighted by molar-refractivity contribution is 5.94. The molecule has 0 heterocycles. The molecule has 10 heavy (non-hydrogen) atoms. The second-order valence-corrected chi connectivity index (χ2v) is 1.84. The number of hydrogen-bond acceptors (Lipinski definition) is 3. The molecule has 0 aromatic heterocycles. The summed E-state index contributed by atoms with van der Waals surface area (Å²) in [5.41, 5.74) is 0. The Morgan fingerprint density at radius 1 is 1.50 bits per heavy atom. The number of carbonyl (C=O) groups is 2. The molecule has 0 aliphatic rings. The van der Waals surface area contributed by atoms with Gasteiger partial charge < -0.3 is 4.74 Å². The Morgan fingerprint density at radius 2 is 2.10 bits per heavy atom. The SMILES string of the molecule is CC=COC(=O)CC(C)=O. The topological polar surface area (TPSA) is 43.4 Å². The zero-order valence-corrected chi connectivity index (χ0v) is 6.09. The molecule has 0 spiro atoms. The van der Waals surface area contributed by atoms with E-state index in [2.05, 4.69) is 4.74 Å². The molecule has 0 saturated carbocycles.